The Morgan fingerprint density at radius 3 is 3.05 bits per heavy atom. The van der Waals surface area contributed by atoms with Crippen molar-refractivity contribution < 1.29 is 9.90 Å². The molecule has 0 unspecified atom stereocenters. The number of nitrogens with zero attached hydrogens (tertiary/aromatic N) is 2. The average Bonchev–Trinajstić information content (AvgIpc) is 2.83. The van der Waals surface area contributed by atoms with E-state index in [4.69, 9.17) is 4.98 Å². The van der Waals surface area contributed by atoms with Crippen LogP contribution < -0.4 is 4.90 Å². The molecule has 106 valence electrons. The lowest BCUT2D eigenvalue weighted by atomic mass is 9.99. The van der Waals surface area contributed by atoms with E-state index in [1.807, 2.05) is 13.0 Å². The van der Waals surface area contributed by atoms with Gasteiger partial charge in [-0.2, -0.15) is 0 Å². The van der Waals surface area contributed by atoms with Crippen LogP contribution in [-0.2, 0) is 4.79 Å². The fourth-order valence-electron chi connectivity index (χ4n) is 3.08. The highest BCUT2D eigenvalue weighted by atomic mass is 79.9. The molecular formula is C15H17BrN2O2. The largest absolute Gasteiger partial charge is 0.478 e. The second-order valence-corrected chi connectivity index (χ2v) is 6.33. The van der Waals surface area contributed by atoms with Crippen molar-refractivity contribution in [2.75, 3.05) is 11.4 Å². The molecule has 5 heteroatoms. The standard InChI is InChI=1S/C15H17BrN2O2/c1-9-13(16)8-11-7-10(15(19)20)4-5-12-3-2-6-18(12)14(11)17-9/h7-8,12H,2-6H2,1H3,(H,19,20)/t12-/m0/s1. The van der Waals surface area contributed by atoms with E-state index in [0.29, 0.717) is 18.0 Å². The van der Waals surface area contributed by atoms with Gasteiger partial charge in [-0.25, -0.2) is 9.78 Å². The molecule has 1 aromatic heterocycles. The van der Waals surface area contributed by atoms with Gasteiger partial charge in [-0.1, -0.05) is 0 Å². The van der Waals surface area contributed by atoms with Gasteiger partial charge in [-0.3, -0.25) is 0 Å². The molecule has 1 aromatic rings. The summed E-state index contributed by atoms with van der Waals surface area (Å²) in [6, 6.07) is 2.41. The van der Waals surface area contributed by atoms with Gasteiger partial charge in [0.1, 0.15) is 5.82 Å². The Morgan fingerprint density at radius 2 is 2.30 bits per heavy atom. The Morgan fingerprint density at radius 1 is 1.50 bits per heavy atom. The maximum Gasteiger partial charge on any atom is 0.331 e. The zero-order valence-electron chi connectivity index (χ0n) is 11.4. The molecule has 3 heterocycles. The summed E-state index contributed by atoms with van der Waals surface area (Å²) in [6.07, 6.45) is 5.59. The summed E-state index contributed by atoms with van der Waals surface area (Å²) in [4.78, 5) is 18.4. The first-order valence-corrected chi connectivity index (χ1v) is 7.73. The zero-order valence-corrected chi connectivity index (χ0v) is 13.0. The summed E-state index contributed by atoms with van der Waals surface area (Å²) in [7, 11) is 0. The number of carbonyl (C=O) groups is 1. The zero-order chi connectivity index (χ0) is 14.3. The van der Waals surface area contributed by atoms with Gasteiger partial charge in [0, 0.05) is 28.2 Å². The summed E-state index contributed by atoms with van der Waals surface area (Å²) in [5.41, 5.74) is 2.34. The molecule has 3 rings (SSSR count). The van der Waals surface area contributed by atoms with Crippen LogP contribution in [0.15, 0.2) is 16.1 Å². The van der Waals surface area contributed by atoms with E-state index < -0.39 is 5.97 Å². The minimum Gasteiger partial charge on any atom is -0.478 e. The molecule has 20 heavy (non-hydrogen) atoms. The number of hydrogen-bond donors (Lipinski definition) is 1. The second-order valence-electron chi connectivity index (χ2n) is 5.47. The molecule has 0 bridgehead atoms. The van der Waals surface area contributed by atoms with Crippen LogP contribution in [0.1, 0.15) is 36.9 Å². The Kier molecular flexibility index (Phi) is 3.54. The predicted octanol–water partition coefficient (Wildman–Crippen LogP) is 3.38. The first-order chi connectivity index (χ1) is 9.56. The summed E-state index contributed by atoms with van der Waals surface area (Å²) < 4.78 is 0.925. The van der Waals surface area contributed by atoms with Crippen molar-refractivity contribution in [3.05, 3.63) is 27.4 Å². The highest BCUT2D eigenvalue weighted by molar-refractivity contribution is 9.10. The molecule has 2 aliphatic rings. The van der Waals surface area contributed by atoms with Crippen LogP contribution in [0.4, 0.5) is 5.82 Å². The second kappa shape index (κ2) is 5.20. The van der Waals surface area contributed by atoms with E-state index in [1.165, 1.54) is 0 Å². The summed E-state index contributed by atoms with van der Waals surface area (Å²) in [5, 5.41) is 9.33. The van der Waals surface area contributed by atoms with E-state index in [9.17, 15) is 9.90 Å². The van der Waals surface area contributed by atoms with Crippen LogP contribution in [0.25, 0.3) is 6.08 Å². The van der Waals surface area contributed by atoms with E-state index in [-0.39, 0.29) is 0 Å². The lowest BCUT2D eigenvalue weighted by Crippen LogP contribution is -2.32. The van der Waals surface area contributed by atoms with E-state index in [1.54, 1.807) is 6.08 Å². The van der Waals surface area contributed by atoms with Gasteiger partial charge >= 0.3 is 5.97 Å². The topological polar surface area (TPSA) is 53.4 Å². The Bertz CT molecular complexity index is 598. The van der Waals surface area contributed by atoms with Crippen LogP contribution in [0.5, 0.6) is 0 Å². The smallest absolute Gasteiger partial charge is 0.331 e. The Balaban J connectivity index is 2.16. The van der Waals surface area contributed by atoms with Crippen LogP contribution in [0, 0.1) is 6.92 Å². The molecule has 1 N–H and O–H groups in total. The van der Waals surface area contributed by atoms with Crippen molar-refractivity contribution in [3.63, 3.8) is 0 Å². The van der Waals surface area contributed by atoms with Crippen molar-refractivity contribution in [1.82, 2.24) is 4.98 Å². The number of carboxylic acids is 1. The molecule has 4 nitrogen and oxygen atoms in total. The third-order valence-corrected chi connectivity index (χ3v) is 4.96. The third kappa shape index (κ3) is 2.35. The number of aryl methyl sites for hydroxylation is 1. The monoisotopic (exact) mass is 336 g/mol. The fourth-order valence-corrected chi connectivity index (χ4v) is 3.42. The third-order valence-electron chi connectivity index (χ3n) is 4.16. The first kappa shape index (κ1) is 13.6. The van der Waals surface area contributed by atoms with Crippen molar-refractivity contribution in [1.29, 1.82) is 0 Å². The summed E-state index contributed by atoms with van der Waals surface area (Å²) in [6.45, 7) is 2.98. The maximum absolute atomic E-state index is 11.4. The van der Waals surface area contributed by atoms with Crippen LogP contribution in [0.3, 0.4) is 0 Å². The Labute approximate surface area is 126 Å². The quantitative estimate of drug-likeness (QED) is 0.854. The number of rotatable bonds is 1. The lowest BCUT2D eigenvalue weighted by molar-refractivity contribution is -0.132. The van der Waals surface area contributed by atoms with Crippen LogP contribution in [0.2, 0.25) is 0 Å². The minimum atomic E-state index is -0.820. The molecule has 0 saturated carbocycles. The molecule has 1 fully saturated rings. The Hall–Kier alpha value is -1.36. The van der Waals surface area contributed by atoms with Gasteiger partial charge in [0.15, 0.2) is 0 Å². The number of aromatic nitrogens is 1. The van der Waals surface area contributed by atoms with Gasteiger partial charge in [-0.05, 0) is 60.7 Å². The molecule has 2 aliphatic heterocycles. The summed E-state index contributed by atoms with van der Waals surface area (Å²) >= 11 is 3.49. The minimum absolute atomic E-state index is 0.421. The SMILES string of the molecule is Cc1nc2c(cc1Br)C=C(C(=O)O)CC[C@@H]1CCCN21. The average molecular weight is 337 g/mol. The van der Waals surface area contributed by atoms with E-state index >= 15 is 0 Å². The normalized spacial score (nSPS) is 21.6. The van der Waals surface area contributed by atoms with E-state index in [2.05, 4.69) is 20.8 Å². The highest BCUT2D eigenvalue weighted by Gasteiger charge is 2.30. The van der Waals surface area contributed by atoms with E-state index in [0.717, 1.165) is 47.4 Å². The maximum atomic E-state index is 11.4. The molecule has 0 aromatic carbocycles. The predicted molar refractivity (Wildman–Crippen MR) is 81.9 cm³/mol. The van der Waals surface area contributed by atoms with Crippen molar-refractivity contribution in [2.24, 2.45) is 0 Å². The van der Waals surface area contributed by atoms with Crippen molar-refractivity contribution in [2.45, 2.75) is 38.6 Å². The van der Waals surface area contributed by atoms with Crippen LogP contribution >= 0.6 is 15.9 Å². The number of hydrogen-bond acceptors (Lipinski definition) is 3. The first-order valence-electron chi connectivity index (χ1n) is 6.94. The molecule has 0 amide bonds. The molecule has 1 atom stereocenters. The van der Waals surface area contributed by atoms with Gasteiger partial charge < -0.3 is 10.0 Å². The van der Waals surface area contributed by atoms with Crippen LogP contribution in [-0.4, -0.2) is 28.6 Å². The number of anilines is 1. The molecule has 1 saturated heterocycles. The van der Waals surface area contributed by atoms with Gasteiger partial charge in [0.05, 0.1) is 5.69 Å². The van der Waals surface area contributed by atoms with Crippen molar-refractivity contribution >= 4 is 33.8 Å². The highest BCUT2D eigenvalue weighted by Crippen LogP contribution is 2.35. The number of aliphatic carboxylic acids is 1. The van der Waals surface area contributed by atoms with Gasteiger partial charge in [0.25, 0.3) is 0 Å². The van der Waals surface area contributed by atoms with Gasteiger partial charge in [-0.15, -0.1) is 0 Å². The molecule has 0 radical (unpaired) electrons. The fraction of sp³-hybridized carbons (Fsp3) is 0.467. The van der Waals surface area contributed by atoms with Gasteiger partial charge in [0.2, 0.25) is 0 Å². The number of pyridine rings is 1. The van der Waals surface area contributed by atoms with Crippen molar-refractivity contribution in [3.8, 4) is 0 Å². The molecule has 0 aliphatic carbocycles. The summed E-state index contributed by atoms with van der Waals surface area (Å²) in [5.74, 6) is 0.116. The number of carboxylic acid groups (broad SMARTS) is 1. The molecule has 0 spiro atoms. The lowest BCUT2D eigenvalue weighted by Gasteiger charge is -2.29. The number of fused-ring (bicyclic) bond motifs is 3. The number of halogens is 1. The molecular weight excluding hydrogens is 320 g/mol.